The van der Waals surface area contributed by atoms with Crippen LogP contribution >= 0.6 is 11.3 Å². The topological polar surface area (TPSA) is 81.0 Å². The van der Waals surface area contributed by atoms with Gasteiger partial charge in [-0.2, -0.15) is 0 Å². The Balaban J connectivity index is 1.93. The molecule has 106 valence electrons. The molecule has 2 heterocycles. The average molecular weight is 300 g/mol. The minimum absolute atomic E-state index is 0.0152. The minimum Gasteiger partial charge on any atom is -0.374 e. The average Bonchev–Trinajstić information content (AvgIpc) is 2.92. The Morgan fingerprint density at radius 3 is 2.95 bits per heavy atom. The summed E-state index contributed by atoms with van der Waals surface area (Å²) in [4.78, 5) is 19.4. The highest BCUT2D eigenvalue weighted by Crippen LogP contribution is 2.34. The molecule has 0 atom stereocenters. The van der Waals surface area contributed by atoms with Crippen LogP contribution in [0.3, 0.4) is 0 Å². The second kappa shape index (κ2) is 5.45. The Hall–Kier alpha value is -2.54. The first kappa shape index (κ1) is 13.4. The SMILES string of the molecule is Cc1cccc(CNc2ccc3scnc3c2[N+](=O)[O-])n1. The maximum absolute atomic E-state index is 11.3. The van der Waals surface area contributed by atoms with E-state index in [1.54, 1.807) is 11.6 Å². The van der Waals surface area contributed by atoms with E-state index in [9.17, 15) is 10.1 Å². The maximum atomic E-state index is 11.3. The van der Waals surface area contributed by atoms with Crippen molar-refractivity contribution >= 4 is 32.9 Å². The number of aryl methyl sites for hydroxylation is 1. The molecule has 0 saturated carbocycles. The standard InChI is InChI=1S/C14H12N4O2S/c1-9-3-2-4-10(17-9)7-15-11-5-6-12-13(16-8-21-12)14(11)18(19)20/h2-6,8,15H,7H2,1H3. The molecular weight excluding hydrogens is 288 g/mol. The van der Waals surface area contributed by atoms with E-state index in [0.717, 1.165) is 16.1 Å². The molecule has 21 heavy (non-hydrogen) atoms. The van der Waals surface area contributed by atoms with Crippen LogP contribution in [0.4, 0.5) is 11.4 Å². The lowest BCUT2D eigenvalue weighted by Gasteiger charge is -2.07. The number of benzene rings is 1. The van der Waals surface area contributed by atoms with Gasteiger partial charge in [0.2, 0.25) is 0 Å². The van der Waals surface area contributed by atoms with Crippen LogP contribution in [0.2, 0.25) is 0 Å². The van der Waals surface area contributed by atoms with Crippen molar-refractivity contribution in [2.45, 2.75) is 13.5 Å². The van der Waals surface area contributed by atoms with Crippen molar-refractivity contribution in [1.82, 2.24) is 9.97 Å². The monoisotopic (exact) mass is 300 g/mol. The van der Waals surface area contributed by atoms with Crippen molar-refractivity contribution in [3.8, 4) is 0 Å². The normalized spacial score (nSPS) is 10.7. The predicted octanol–water partition coefficient (Wildman–Crippen LogP) is 3.52. The number of pyridine rings is 1. The second-order valence-electron chi connectivity index (χ2n) is 4.54. The largest absolute Gasteiger partial charge is 0.374 e. The van der Waals surface area contributed by atoms with Crippen molar-refractivity contribution in [1.29, 1.82) is 0 Å². The van der Waals surface area contributed by atoms with Gasteiger partial charge < -0.3 is 5.32 Å². The molecule has 2 aromatic heterocycles. The highest BCUT2D eigenvalue weighted by atomic mass is 32.1. The number of rotatable bonds is 4. The molecule has 1 aromatic carbocycles. The summed E-state index contributed by atoms with van der Waals surface area (Å²) in [7, 11) is 0. The number of fused-ring (bicyclic) bond motifs is 1. The second-order valence-corrected chi connectivity index (χ2v) is 5.43. The Labute approximate surface area is 124 Å². The number of aromatic nitrogens is 2. The zero-order valence-electron chi connectivity index (χ0n) is 11.2. The molecule has 0 spiro atoms. The molecule has 0 aliphatic heterocycles. The Morgan fingerprint density at radius 1 is 1.33 bits per heavy atom. The van der Waals surface area contributed by atoms with Crippen molar-refractivity contribution in [3.05, 3.63) is 57.3 Å². The van der Waals surface area contributed by atoms with Crippen LogP contribution < -0.4 is 5.32 Å². The Kier molecular flexibility index (Phi) is 3.49. The van der Waals surface area contributed by atoms with Gasteiger partial charge >= 0.3 is 5.69 Å². The van der Waals surface area contributed by atoms with E-state index in [1.165, 1.54) is 11.3 Å². The van der Waals surface area contributed by atoms with Crippen LogP contribution in [0.5, 0.6) is 0 Å². The summed E-state index contributed by atoms with van der Waals surface area (Å²) >= 11 is 1.39. The van der Waals surface area contributed by atoms with E-state index < -0.39 is 4.92 Å². The molecule has 7 heteroatoms. The fourth-order valence-electron chi connectivity index (χ4n) is 2.13. The third-order valence-electron chi connectivity index (χ3n) is 3.06. The van der Waals surface area contributed by atoms with Gasteiger partial charge in [-0.1, -0.05) is 6.07 Å². The van der Waals surface area contributed by atoms with E-state index in [-0.39, 0.29) is 5.69 Å². The molecule has 0 saturated heterocycles. The zero-order chi connectivity index (χ0) is 14.8. The third-order valence-corrected chi connectivity index (χ3v) is 3.86. The number of anilines is 1. The number of hydrogen-bond donors (Lipinski definition) is 1. The molecule has 3 rings (SSSR count). The van der Waals surface area contributed by atoms with Gasteiger partial charge in [-0.25, -0.2) is 4.98 Å². The zero-order valence-corrected chi connectivity index (χ0v) is 12.1. The van der Waals surface area contributed by atoms with Gasteiger partial charge in [0.05, 0.1) is 27.4 Å². The van der Waals surface area contributed by atoms with Crippen LogP contribution in [-0.4, -0.2) is 14.9 Å². The summed E-state index contributed by atoms with van der Waals surface area (Å²) in [5.41, 5.74) is 4.26. The maximum Gasteiger partial charge on any atom is 0.319 e. The molecular formula is C14H12N4O2S. The van der Waals surface area contributed by atoms with E-state index in [0.29, 0.717) is 17.7 Å². The number of thiazole rings is 1. The Bertz CT molecular complexity index is 816. The van der Waals surface area contributed by atoms with Crippen LogP contribution in [0.15, 0.2) is 35.8 Å². The number of nitrogens with zero attached hydrogens (tertiary/aromatic N) is 3. The van der Waals surface area contributed by atoms with Crippen LogP contribution in [0.1, 0.15) is 11.4 Å². The highest BCUT2D eigenvalue weighted by molar-refractivity contribution is 7.16. The van der Waals surface area contributed by atoms with E-state index in [4.69, 9.17) is 0 Å². The van der Waals surface area contributed by atoms with Crippen molar-refractivity contribution < 1.29 is 4.92 Å². The van der Waals surface area contributed by atoms with Crippen molar-refractivity contribution in [2.24, 2.45) is 0 Å². The fraction of sp³-hybridized carbons (Fsp3) is 0.143. The Morgan fingerprint density at radius 2 is 2.19 bits per heavy atom. The summed E-state index contributed by atoms with van der Waals surface area (Å²) < 4.78 is 0.806. The number of nitro groups is 1. The van der Waals surface area contributed by atoms with Gasteiger partial charge in [0.1, 0.15) is 5.69 Å². The molecule has 0 amide bonds. The van der Waals surface area contributed by atoms with Crippen molar-refractivity contribution in [2.75, 3.05) is 5.32 Å². The lowest BCUT2D eigenvalue weighted by atomic mass is 10.2. The van der Waals surface area contributed by atoms with Crippen LogP contribution in [-0.2, 0) is 6.54 Å². The lowest BCUT2D eigenvalue weighted by molar-refractivity contribution is -0.382. The first-order valence-corrected chi connectivity index (χ1v) is 7.20. The summed E-state index contributed by atoms with van der Waals surface area (Å²) in [6.45, 7) is 2.34. The molecule has 3 aromatic rings. The van der Waals surface area contributed by atoms with Gasteiger partial charge in [-0.15, -0.1) is 11.3 Å². The smallest absolute Gasteiger partial charge is 0.319 e. The molecule has 0 bridgehead atoms. The first-order chi connectivity index (χ1) is 10.1. The molecule has 0 aliphatic carbocycles. The molecule has 0 fully saturated rings. The summed E-state index contributed by atoms with van der Waals surface area (Å²) in [6, 6.07) is 9.26. The molecule has 0 aliphatic rings. The number of hydrogen-bond acceptors (Lipinski definition) is 6. The fourth-order valence-corrected chi connectivity index (χ4v) is 2.81. The molecule has 0 unspecified atom stereocenters. The summed E-state index contributed by atoms with van der Waals surface area (Å²) in [5, 5.41) is 14.4. The molecule has 0 radical (unpaired) electrons. The van der Waals surface area contributed by atoms with Gasteiger partial charge in [0, 0.05) is 5.69 Å². The lowest BCUT2D eigenvalue weighted by Crippen LogP contribution is -2.05. The summed E-state index contributed by atoms with van der Waals surface area (Å²) in [6.07, 6.45) is 0. The highest BCUT2D eigenvalue weighted by Gasteiger charge is 2.20. The number of nitrogens with one attached hydrogen (secondary N) is 1. The van der Waals surface area contributed by atoms with Gasteiger partial charge in [0.25, 0.3) is 0 Å². The van der Waals surface area contributed by atoms with Crippen LogP contribution in [0.25, 0.3) is 10.2 Å². The predicted molar refractivity (Wildman–Crippen MR) is 82.6 cm³/mol. The van der Waals surface area contributed by atoms with E-state index >= 15 is 0 Å². The minimum atomic E-state index is -0.395. The quantitative estimate of drug-likeness (QED) is 0.589. The van der Waals surface area contributed by atoms with Crippen LogP contribution in [0, 0.1) is 17.0 Å². The third kappa shape index (κ3) is 2.68. The molecule has 6 nitrogen and oxygen atoms in total. The summed E-state index contributed by atoms with van der Waals surface area (Å²) in [5.74, 6) is 0. The molecule has 1 N–H and O–H groups in total. The van der Waals surface area contributed by atoms with Crippen molar-refractivity contribution in [3.63, 3.8) is 0 Å². The number of nitro benzene ring substituents is 1. The van der Waals surface area contributed by atoms with E-state index in [2.05, 4.69) is 15.3 Å². The van der Waals surface area contributed by atoms with E-state index in [1.807, 2.05) is 31.2 Å². The van der Waals surface area contributed by atoms with Gasteiger partial charge in [-0.05, 0) is 31.2 Å². The van der Waals surface area contributed by atoms with Gasteiger partial charge in [-0.3, -0.25) is 15.1 Å². The van der Waals surface area contributed by atoms with Gasteiger partial charge in [0.15, 0.2) is 5.52 Å². The first-order valence-electron chi connectivity index (χ1n) is 6.32.